The van der Waals surface area contributed by atoms with Gasteiger partial charge in [-0.25, -0.2) is 8.42 Å². The molecule has 0 aromatic heterocycles. The van der Waals surface area contributed by atoms with Crippen LogP contribution in [-0.4, -0.2) is 36.8 Å². The van der Waals surface area contributed by atoms with Crippen LogP contribution >= 0.6 is 11.6 Å². The van der Waals surface area contributed by atoms with Gasteiger partial charge in [0.1, 0.15) is 5.75 Å². The minimum Gasteiger partial charge on any atom is -0.508 e. The maximum Gasteiger partial charge on any atom is 0.257 e. The lowest BCUT2D eigenvalue weighted by molar-refractivity contribution is 0.102. The van der Waals surface area contributed by atoms with Crippen LogP contribution in [0, 0.1) is 0 Å². The molecular weight excluding hydrogens is 388 g/mol. The number of amides is 1. The van der Waals surface area contributed by atoms with Gasteiger partial charge in [-0.1, -0.05) is 30.5 Å². The molecule has 1 aliphatic rings. The minimum absolute atomic E-state index is 0.0105. The fraction of sp³-hybridized carbons (Fsp3) is 0.316. The molecule has 2 N–H and O–H groups in total. The second-order valence-electron chi connectivity index (χ2n) is 6.46. The Labute approximate surface area is 163 Å². The number of hydrogen-bond acceptors (Lipinski definition) is 4. The van der Waals surface area contributed by atoms with Gasteiger partial charge in [-0.2, -0.15) is 4.31 Å². The topological polar surface area (TPSA) is 86.7 Å². The average Bonchev–Trinajstić information content (AvgIpc) is 2.92. The molecule has 0 spiro atoms. The monoisotopic (exact) mass is 408 g/mol. The van der Waals surface area contributed by atoms with Gasteiger partial charge < -0.3 is 10.4 Å². The van der Waals surface area contributed by atoms with Crippen molar-refractivity contribution in [3.05, 3.63) is 53.1 Å². The van der Waals surface area contributed by atoms with Crippen LogP contribution in [0.3, 0.4) is 0 Å². The van der Waals surface area contributed by atoms with Crippen LogP contribution < -0.4 is 5.32 Å². The Kier molecular flexibility index (Phi) is 6.04. The van der Waals surface area contributed by atoms with E-state index in [1.807, 2.05) is 0 Å². The number of halogens is 1. The highest BCUT2D eigenvalue weighted by Gasteiger charge is 2.26. The number of aromatic hydroxyl groups is 1. The molecule has 1 aliphatic heterocycles. The number of phenolic OH excluding ortho intramolecular Hbond substituents is 1. The second kappa shape index (κ2) is 8.29. The molecular formula is C19H21ClN2O4S. The van der Waals surface area contributed by atoms with Crippen molar-refractivity contribution in [3.63, 3.8) is 0 Å². The number of hydrogen-bond donors (Lipinski definition) is 2. The number of benzene rings is 2. The van der Waals surface area contributed by atoms with E-state index in [2.05, 4.69) is 5.32 Å². The quantitative estimate of drug-likeness (QED) is 0.804. The molecule has 1 heterocycles. The summed E-state index contributed by atoms with van der Waals surface area (Å²) in [7, 11) is -3.68. The molecule has 0 atom stereocenters. The summed E-state index contributed by atoms with van der Waals surface area (Å²) in [5.41, 5.74) is 0.452. The Morgan fingerprint density at radius 3 is 2.41 bits per heavy atom. The van der Waals surface area contributed by atoms with Crippen LogP contribution in [0.25, 0.3) is 0 Å². The molecule has 0 saturated carbocycles. The first-order valence-corrected chi connectivity index (χ1v) is 10.6. The molecule has 6 nitrogen and oxygen atoms in total. The summed E-state index contributed by atoms with van der Waals surface area (Å²) < 4.78 is 27.4. The third-order valence-corrected chi connectivity index (χ3v) is 6.71. The minimum atomic E-state index is -3.68. The van der Waals surface area contributed by atoms with Gasteiger partial charge in [0.15, 0.2) is 0 Å². The maximum atomic E-state index is 12.9. The average molecular weight is 409 g/mol. The summed E-state index contributed by atoms with van der Waals surface area (Å²) in [6, 6.07) is 10.2. The van der Waals surface area contributed by atoms with E-state index in [0.717, 1.165) is 25.7 Å². The van der Waals surface area contributed by atoms with Crippen LogP contribution in [0.2, 0.25) is 5.02 Å². The summed E-state index contributed by atoms with van der Waals surface area (Å²) in [5.74, 6) is -0.532. The molecule has 27 heavy (non-hydrogen) atoms. The van der Waals surface area contributed by atoms with Crippen LogP contribution in [0.1, 0.15) is 36.0 Å². The summed E-state index contributed by atoms with van der Waals surface area (Å²) in [6.07, 6.45) is 3.70. The molecule has 2 aromatic rings. The number of anilines is 1. The van der Waals surface area contributed by atoms with Crippen LogP contribution in [0.4, 0.5) is 5.69 Å². The predicted octanol–water partition coefficient (Wildman–Crippen LogP) is 3.86. The lowest BCUT2D eigenvalue weighted by Crippen LogP contribution is -2.32. The lowest BCUT2D eigenvalue weighted by atomic mass is 10.2. The molecule has 1 saturated heterocycles. The van der Waals surface area contributed by atoms with E-state index in [0.29, 0.717) is 18.8 Å². The van der Waals surface area contributed by atoms with Crippen molar-refractivity contribution in [2.75, 3.05) is 18.4 Å². The molecule has 3 rings (SSSR count). The highest BCUT2D eigenvalue weighted by Crippen LogP contribution is 2.26. The number of nitrogens with one attached hydrogen (secondary N) is 1. The third kappa shape index (κ3) is 4.61. The standard InChI is InChI=1S/C19H21ClN2O4S/c20-18-9-8-16(27(25,26)22-10-3-1-2-4-11-22)13-17(18)19(24)21-14-6-5-7-15(23)12-14/h5-9,12-13,23H,1-4,10-11H2,(H,21,24). The molecule has 0 unspecified atom stereocenters. The molecule has 0 aliphatic carbocycles. The van der Waals surface area contributed by atoms with Gasteiger partial charge in [0.25, 0.3) is 5.91 Å². The van der Waals surface area contributed by atoms with Crippen molar-refractivity contribution in [1.29, 1.82) is 0 Å². The van der Waals surface area contributed by atoms with Gasteiger partial charge in [-0.3, -0.25) is 4.79 Å². The Balaban J connectivity index is 1.88. The molecule has 2 aromatic carbocycles. The molecule has 8 heteroatoms. The number of sulfonamides is 1. The van der Waals surface area contributed by atoms with Gasteiger partial charge in [0.05, 0.1) is 15.5 Å². The molecule has 1 fully saturated rings. The summed E-state index contributed by atoms with van der Waals surface area (Å²) >= 11 is 6.13. The predicted molar refractivity (Wildman–Crippen MR) is 105 cm³/mol. The number of nitrogens with zero attached hydrogens (tertiary/aromatic N) is 1. The number of rotatable bonds is 4. The van der Waals surface area contributed by atoms with Gasteiger partial charge >= 0.3 is 0 Å². The van der Waals surface area contributed by atoms with Crippen LogP contribution in [-0.2, 0) is 10.0 Å². The third-order valence-electron chi connectivity index (χ3n) is 4.49. The first-order chi connectivity index (χ1) is 12.9. The summed E-state index contributed by atoms with van der Waals surface area (Å²) in [4.78, 5) is 12.6. The van der Waals surface area contributed by atoms with Crippen molar-refractivity contribution < 1.29 is 18.3 Å². The van der Waals surface area contributed by atoms with E-state index < -0.39 is 15.9 Å². The Morgan fingerprint density at radius 1 is 1.04 bits per heavy atom. The van der Waals surface area contributed by atoms with E-state index in [-0.39, 0.29) is 21.2 Å². The van der Waals surface area contributed by atoms with Crippen LogP contribution in [0.5, 0.6) is 5.75 Å². The molecule has 0 radical (unpaired) electrons. The summed E-state index contributed by atoms with van der Waals surface area (Å²) in [5, 5.41) is 12.3. The van der Waals surface area contributed by atoms with Crippen molar-refractivity contribution >= 4 is 33.2 Å². The van der Waals surface area contributed by atoms with E-state index in [1.165, 1.54) is 34.6 Å². The highest BCUT2D eigenvalue weighted by atomic mass is 35.5. The normalized spacial score (nSPS) is 15.9. The van der Waals surface area contributed by atoms with Gasteiger partial charge in [0.2, 0.25) is 10.0 Å². The zero-order valence-electron chi connectivity index (χ0n) is 14.7. The van der Waals surface area contributed by atoms with Gasteiger partial charge in [-0.05, 0) is 43.2 Å². The number of carbonyl (C=O) groups is 1. The largest absolute Gasteiger partial charge is 0.508 e. The van der Waals surface area contributed by atoms with E-state index in [1.54, 1.807) is 12.1 Å². The Bertz CT molecular complexity index is 938. The van der Waals surface area contributed by atoms with E-state index >= 15 is 0 Å². The molecule has 144 valence electrons. The first-order valence-electron chi connectivity index (χ1n) is 8.78. The highest BCUT2D eigenvalue weighted by molar-refractivity contribution is 7.89. The molecule has 1 amide bonds. The number of phenols is 1. The van der Waals surface area contributed by atoms with Crippen molar-refractivity contribution in [2.45, 2.75) is 30.6 Å². The fourth-order valence-corrected chi connectivity index (χ4v) is 4.80. The number of carbonyl (C=O) groups excluding carboxylic acids is 1. The first kappa shape index (κ1) is 19.7. The fourth-order valence-electron chi connectivity index (χ4n) is 3.05. The van der Waals surface area contributed by atoms with E-state index in [4.69, 9.17) is 11.6 Å². The Morgan fingerprint density at radius 2 is 1.74 bits per heavy atom. The molecule has 0 bridgehead atoms. The van der Waals surface area contributed by atoms with Crippen LogP contribution in [0.15, 0.2) is 47.4 Å². The summed E-state index contributed by atoms with van der Waals surface area (Å²) in [6.45, 7) is 0.964. The van der Waals surface area contributed by atoms with Gasteiger partial charge in [-0.15, -0.1) is 0 Å². The maximum absolute atomic E-state index is 12.9. The van der Waals surface area contributed by atoms with Crippen molar-refractivity contribution in [2.24, 2.45) is 0 Å². The smallest absolute Gasteiger partial charge is 0.257 e. The SMILES string of the molecule is O=C(Nc1cccc(O)c1)c1cc(S(=O)(=O)N2CCCCCC2)ccc1Cl. The van der Waals surface area contributed by atoms with Crippen molar-refractivity contribution in [3.8, 4) is 5.75 Å². The zero-order valence-corrected chi connectivity index (χ0v) is 16.3. The van der Waals surface area contributed by atoms with Gasteiger partial charge in [0, 0.05) is 24.8 Å². The zero-order chi connectivity index (χ0) is 19.4. The van der Waals surface area contributed by atoms with E-state index in [9.17, 15) is 18.3 Å². The lowest BCUT2D eigenvalue weighted by Gasteiger charge is -2.20. The second-order valence-corrected chi connectivity index (χ2v) is 8.81. The van der Waals surface area contributed by atoms with Crippen molar-refractivity contribution in [1.82, 2.24) is 4.31 Å². The Hall–Kier alpha value is -2.09.